The van der Waals surface area contributed by atoms with E-state index in [0.29, 0.717) is 5.69 Å². The van der Waals surface area contributed by atoms with Gasteiger partial charge < -0.3 is 4.90 Å². The van der Waals surface area contributed by atoms with Crippen LogP contribution >= 0.6 is 0 Å². The number of pyridine rings is 1. The topological polar surface area (TPSA) is 44.3 Å². The molecule has 0 bridgehead atoms. The van der Waals surface area contributed by atoms with Crippen LogP contribution in [-0.4, -0.2) is 19.1 Å². The summed E-state index contributed by atoms with van der Waals surface area (Å²) in [5, 5.41) is 8.34. The van der Waals surface area contributed by atoms with Crippen molar-refractivity contribution >= 4 is 11.5 Å². The highest BCUT2D eigenvalue weighted by Gasteiger charge is 2.04. The average Bonchev–Trinajstić information content (AvgIpc) is 2.05. The summed E-state index contributed by atoms with van der Waals surface area (Å²) in [7, 11) is 3.80. The fourth-order valence-corrected chi connectivity index (χ4v) is 0.702. The minimum Gasteiger partial charge on any atom is -0.363 e. The van der Waals surface area contributed by atoms with E-state index in [1.54, 1.807) is 12.1 Å². The van der Waals surface area contributed by atoms with Crippen LogP contribution in [0.25, 0.3) is 4.98 Å². The number of hydrogen-bond donors (Lipinski definition) is 0. The second-order valence-electron chi connectivity index (χ2n) is 2.37. The highest BCUT2D eigenvalue weighted by molar-refractivity contribution is 5.47. The standard InChI is InChI=1S/C7H9N4/c1-11(2)7-4-3-6(10-8)5-9-7/h3-5H,1-2H3/q+1. The molecule has 0 radical (unpaired) electrons. The van der Waals surface area contributed by atoms with Gasteiger partial charge in [-0.05, 0) is 6.07 Å². The molecule has 0 aromatic carbocycles. The summed E-state index contributed by atoms with van der Waals surface area (Å²) in [6.45, 7) is 0. The van der Waals surface area contributed by atoms with Gasteiger partial charge in [0.1, 0.15) is 12.0 Å². The molecule has 4 heteroatoms. The lowest BCUT2D eigenvalue weighted by Gasteiger charge is -2.08. The zero-order valence-corrected chi connectivity index (χ0v) is 6.52. The Hall–Kier alpha value is -1.63. The molecule has 0 unspecified atom stereocenters. The SMILES string of the molecule is CN(C)c1ccc([N+]#N)cn1. The van der Waals surface area contributed by atoms with Gasteiger partial charge in [0.15, 0.2) is 4.98 Å². The molecule has 0 aliphatic rings. The lowest BCUT2D eigenvalue weighted by atomic mass is 10.4. The fourth-order valence-electron chi connectivity index (χ4n) is 0.702. The molecule has 56 valence electrons. The third-order valence-electron chi connectivity index (χ3n) is 1.31. The van der Waals surface area contributed by atoms with Gasteiger partial charge in [-0.1, -0.05) is 0 Å². The van der Waals surface area contributed by atoms with Crippen molar-refractivity contribution in [2.45, 2.75) is 0 Å². The van der Waals surface area contributed by atoms with Gasteiger partial charge in [0.05, 0.1) is 0 Å². The smallest absolute Gasteiger partial charge is 0.363 e. The van der Waals surface area contributed by atoms with Crippen molar-refractivity contribution in [3.05, 3.63) is 23.3 Å². The predicted molar refractivity (Wildman–Crippen MR) is 43.3 cm³/mol. The van der Waals surface area contributed by atoms with Crippen LogP contribution < -0.4 is 4.90 Å². The number of rotatable bonds is 1. The monoisotopic (exact) mass is 149 g/mol. The molecule has 1 aromatic heterocycles. The second-order valence-corrected chi connectivity index (χ2v) is 2.37. The van der Waals surface area contributed by atoms with Crippen LogP contribution in [0.1, 0.15) is 0 Å². The quantitative estimate of drug-likeness (QED) is 0.570. The zero-order chi connectivity index (χ0) is 8.27. The van der Waals surface area contributed by atoms with Crippen LogP contribution in [0.4, 0.5) is 11.5 Å². The summed E-state index contributed by atoms with van der Waals surface area (Å²) in [5.74, 6) is 0.845. The molecular formula is C7H9N4+. The number of hydrogen-bond acceptors (Lipinski definition) is 3. The summed E-state index contributed by atoms with van der Waals surface area (Å²) in [4.78, 5) is 8.89. The van der Waals surface area contributed by atoms with E-state index in [1.807, 2.05) is 19.0 Å². The van der Waals surface area contributed by atoms with Crippen molar-refractivity contribution in [1.82, 2.24) is 4.98 Å². The van der Waals surface area contributed by atoms with E-state index < -0.39 is 0 Å². The van der Waals surface area contributed by atoms with Crippen LogP contribution in [0, 0.1) is 5.39 Å². The Morgan fingerprint density at radius 1 is 1.45 bits per heavy atom. The Balaban J connectivity index is 2.94. The minimum atomic E-state index is 0.468. The first-order valence-corrected chi connectivity index (χ1v) is 3.22. The summed E-state index contributed by atoms with van der Waals surface area (Å²) in [6.07, 6.45) is 1.51. The molecule has 0 saturated heterocycles. The summed E-state index contributed by atoms with van der Waals surface area (Å²) in [6, 6.07) is 3.48. The molecule has 0 aliphatic heterocycles. The lowest BCUT2D eigenvalue weighted by Crippen LogP contribution is -2.09. The Kier molecular flexibility index (Phi) is 2.02. The molecule has 0 N–H and O–H groups in total. The molecular weight excluding hydrogens is 140 g/mol. The molecule has 4 nitrogen and oxygen atoms in total. The van der Waals surface area contributed by atoms with Gasteiger partial charge >= 0.3 is 5.69 Å². The maximum atomic E-state index is 8.34. The lowest BCUT2D eigenvalue weighted by molar-refractivity contribution is 1.07. The van der Waals surface area contributed by atoms with Crippen molar-refractivity contribution < 1.29 is 0 Å². The van der Waals surface area contributed by atoms with Gasteiger partial charge in [-0.15, -0.1) is 0 Å². The Morgan fingerprint density at radius 3 is 2.55 bits per heavy atom. The van der Waals surface area contributed by atoms with E-state index in [0.717, 1.165) is 5.82 Å². The van der Waals surface area contributed by atoms with E-state index in [1.165, 1.54) is 6.20 Å². The van der Waals surface area contributed by atoms with Gasteiger partial charge in [-0.25, -0.2) is 4.98 Å². The number of nitrogens with zero attached hydrogens (tertiary/aromatic N) is 4. The molecule has 1 aromatic rings. The fraction of sp³-hybridized carbons (Fsp3) is 0.286. The number of aromatic nitrogens is 1. The third-order valence-corrected chi connectivity index (χ3v) is 1.31. The molecule has 1 rings (SSSR count). The largest absolute Gasteiger partial charge is 0.403 e. The molecule has 0 saturated carbocycles. The molecule has 0 fully saturated rings. The van der Waals surface area contributed by atoms with Crippen LogP contribution in [0.5, 0.6) is 0 Å². The first kappa shape index (κ1) is 7.48. The molecule has 11 heavy (non-hydrogen) atoms. The zero-order valence-electron chi connectivity index (χ0n) is 6.52. The van der Waals surface area contributed by atoms with Crippen molar-refractivity contribution in [2.75, 3.05) is 19.0 Å². The summed E-state index contributed by atoms with van der Waals surface area (Å²) >= 11 is 0. The number of anilines is 1. The molecule has 0 atom stereocenters. The Bertz CT molecular complexity index is 269. The maximum Gasteiger partial charge on any atom is 0.403 e. The third kappa shape index (κ3) is 1.64. The summed E-state index contributed by atoms with van der Waals surface area (Å²) in [5.41, 5.74) is 0.468. The van der Waals surface area contributed by atoms with Crippen molar-refractivity contribution in [1.29, 1.82) is 5.39 Å². The van der Waals surface area contributed by atoms with Gasteiger partial charge in [-0.3, -0.25) is 0 Å². The first-order valence-electron chi connectivity index (χ1n) is 3.22. The van der Waals surface area contributed by atoms with E-state index in [2.05, 4.69) is 9.96 Å². The molecule has 1 heterocycles. The molecule has 0 aliphatic carbocycles. The van der Waals surface area contributed by atoms with Crippen LogP contribution in [0.15, 0.2) is 18.3 Å². The van der Waals surface area contributed by atoms with Crippen molar-refractivity contribution in [3.63, 3.8) is 0 Å². The van der Waals surface area contributed by atoms with Crippen LogP contribution in [0.3, 0.4) is 0 Å². The highest BCUT2D eigenvalue weighted by atomic mass is 15.1. The highest BCUT2D eigenvalue weighted by Crippen LogP contribution is 2.13. The molecule has 0 spiro atoms. The van der Waals surface area contributed by atoms with Gasteiger partial charge in [0.25, 0.3) is 0 Å². The van der Waals surface area contributed by atoms with Gasteiger partial charge in [0, 0.05) is 20.2 Å². The second kappa shape index (κ2) is 2.97. The van der Waals surface area contributed by atoms with Gasteiger partial charge in [0.2, 0.25) is 5.39 Å². The predicted octanol–water partition coefficient (Wildman–Crippen LogP) is 1.63. The van der Waals surface area contributed by atoms with E-state index in [9.17, 15) is 0 Å². The van der Waals surface area contributed by atoms with Gasteiger partial charge in [-0.2, -0.15) is 0 Å². The Morgan fingerprint density at radius 2 is 2.18 bits per heavy atom. The number of diazo groups is 1. The van der Waals surface area contributed by atoms with Crippen LogP contribution in [-0.2, 0) is 0 Å². The van der Waals surface area contributed by atoms with E-state index >= 15 is 0 Å². The van der Waals surface area contributed by atoms with E-state index in [-0.39, 0.29) is 0 Å². The first-order chi connectivity index (χ1) is 5.24. The summed E-state index contributed by atoms with van der Waals surface area (Å²) < 4.78 is 0. The van der Waals surface area contributed by atoms with Crippen molar-refractivity contribution in [3.8, 4) is 0 Å². The normalized spacial score (nSPS) is 8.82. The minimum absolute atomic E-state index is 0.468. The van der Waals surface area contributed by atoms with Crippen molar-refractivity contribution in [2.24, 2.45) is 0 Å². The maximum absolute atomic E-state index is 8.34. The van der Waals surface area contributed by atoms with E-state index in [4.69, 9.17) is 5.39 Å². The molecule has 0 amide bonds. The Labute approximate surface area is 65.1 Å². The average molecular weight is 149 g/mol. The van der Waals surface area contributed by atoms with Crippen LogP contribution in [0.2, 0.25) is 0 Å².